The SMILES string of the molecule is CCn1cc(Cn2cc(NC(=O)c3ccc(COc4ccc(Br)cc4)o3)cn2)cn1. The Morgan fingerprint density at radius 2 is 1.90 bits per heavy atom. The molecule has 0 aliphatic rings. The summed E-state index contributed by atoms with van der Waals surface area (Å²) in [4.78, 5) is 12.4. The van der Waals surface area contributed by atoms with Crippen LogP contribution in [0.25, 0.3) is 0 Å². The maximum atomic E-state index is 12.4. The van der Waals surface area contributed by atoms with Gasteiger partial charge in [0.1, 0.15) is 18.1 Å². The van der Waals surface area contributed by atoms with Crippen LogP contribution in [0.4, 0.5) is 5.69 Å². The predicted octanol–water partition coefficient (Wildman–Crippen LogP) is 4.33. The number of hydrogen-bond acceptors (Lipinski definition) is 5. The number of nitrogens with one attached hydrogen (secondary N) is 1. The molecule has 1 aromatic carbocycles. The zero-order chi connectivity index (χ0) is 20.9. The number of anilines is 1. The average molecular weight is 470 g/mol. The first-order chi connectivity index (χ1) is 14.6. The van der Waals surface area contributed by atoms with Gasteiger partial charge in [0.25, 0.3) is 5.91 Å². The van der Waals surface area contributed by atoms with Crippen LogP contribution >= 0.6 is 15.9 Å². The molecule has 4 aromatic rings. The van der Waals surface area contributed by atoms with Gasteiger partial charge in [-0.15, -0.1) is 0 Å². The van der Waals surface area contributed by atoms with Crippen LogP contribution in [-0.4, -0.2) is 25.5 Å². The Morgan fingerprint density at radius 3 is 2.67 bits per heavy atom. The number of ether oxygens (including phenoxy) is 1. The lowest BCUT2D eigenvalue weighted by atomic mass is 10.3. The number of aryl methyl sites for hydroxylation is 1. The van der Waals surface area contributed by atoms with E-state index >= 15 is 0 Å². The second-order valence-corrected chi connectivity index (χ2v) is 7.51. The number of aromatic nitrogens is 4. The minimum atomic E-state index is -0.344. The Morgan fingerprint density at radius 1 is 1.10 bits per heavy atom. The van der Waals surface area contributed by atoms with Gasteiger partial charge in [-0.1, -0.05) is 15.9 Å². The van der Waals surface area contributed by atoms with Gasteiger partial charge in [-0.3, -0.25) is 14.2 Å². The van der Waals surface area contributed by atoms with Gasteiger partial charge in [-0.25, -0.2) is 0 Å². The number of benzene rings is 1. The van der Waals surface area contributed by atoms with Crippen molar-refractivity contribution in [3.8, 4) is 5.75 Å². The number of amides is 1. The fourth-order valence-corrected chi connectivity index (χ4v) is 3.08. The van der Waals surface area contributed by atoms with Crippen molar-refractivity contribution in [2.45, 2.75) is 26.6 Å². The van der Waals surface area contributed by atoms with Crippen LogP contribution in [0.1, 0.15) is 28.8 Å². The highest BCUT2D eigenvalue weighted by Gasteiger charge is 2.13. The van der Waals surface area contributed by atoms with Gasteiger partial charge in [0.05, 0.1) is 24.6 Å². The molecular weight excluding hydrogens is 450 g/mol. The van der Waals surface area contributed by atoms with Gasteiger partial charge in [-0.2, -0.15) is 10.2 Å². The third kappa shape index (κ3) is 4.98. The molecule has 154 valence electrons. The first-order valence-corrected chi connectivity index (χ1v) is 10.2. The number of nitrogens with zero attached hydrogens (tertiary/aromatic N) is 4. The number of carbonyl (C=O) groups excluding carboxylic acids is 1. The molecule has 0 unspecified atom stereocenters. The standard InChI is InChI=1S/C21H20BrN5O3/c1-2-26-11-15(9-23-26)12-27-13-17(10-24-27)25-21(28)20-8-7-19(30-20)14-29-18-5-3-16(22)4-6-18/h3-11,13H,2,12,14H2,1H3,(H,25,28). The summed E-state index contributed by atoms with van der Waals surface area (Å²) >= 11 is 3.38. The second-order valence-electron chi connectivity index (χ2n) is 6.59. The summed E-state index contributed by atoms with van der Waals surface area (Å²) in [5, 5.41) is 11.3. The van der Waals surface area contributed by atoms with Crippen molar-refractivity contribution in [2.75, 3.05) is 5.32 Å². The summed E-state index contributed by atoms with van der Waals surface area (Å²) in [5.41, 5.74) is 1.63. The summed E-state index contributed by atoms with van der Waals surface area (Å²) in [6.45, 7) is 3.66. The van der Waals surface area contributed by atoms with E-state index < -0.39 is 0 Å². The van der Waals surface area contributed by atoms with Crippen LogP contribution in [0.3, 0.4) is 0 Å². The minimum absolute atomic E-state index is 0.210. The zero-order valence-corrected chi connectivity index (χ0v) is 17.9. The quantitative estimate of drug-likeness (QED) is 0.414. The first kappa shape index (κ1) is 20.0. The summed E-state index contributed by atoms with van der Waals surface area (Å²) in [6, 6.07) is 10.8. The molecule has 3 aromatic heterocycles. The molecule has 0 spiro atoms. The Kier molecular flexibility index (Phi) is 5.99. The summed E-state index contributed by atoms with van der Waals surface area (Å²) in [7, 11) is 0. The summed E-state index contributed by atoms with van der Waals surface area (Å²) in [6.07, 6.45) is 7.15. The van der Waals surface area contributed by atoms with Crippen molar-refractivity contribution in [2.24, 2.45) is 0 Å². The molecule has 1 N–H and O–H groups in total. The van der Waals surface area contributed by atoms with Gasteiger partial charge in [0, 0.05) is 29.0 Å². The molecule has 8 nitrogen and oxygen atoms in total. The van der Waals surface area contributed by atoms with E-state index in [-0.39, 0.29) is 18.3 Å². The Hall–Kier alpha value is -3.33. The van der Waals surface area contributed by atoms with Crippen molar-refractivity contribution < 1.29 is 13.9 Å². The number of hydrogen-bond donors (Lipinski definition) is 1. The van der Waals surface area contributed by atoms with Crippen LogP contribution in [0.15, 0.2) is 70.1 Å². The molecular formula is C21H20BrN5O3. The Balaban J connectivity index is 1.32. The number of rotatable bonds is 8. The highest BCUT2D eigenvalue weighted by Crippen LogP contribution is 2.18. The smallest absolute Gasteiger partial charge is 0.291 e. The third-order valence-electron chi connectivity index (χ3n) is 4.33. The monoisotopic (exact) mass is 469 g/mol. The van der Waals surface area contributed by atoms with Crippen molar-refractivity contribution >= 4 is 27.5 Å². The molecule has 1 amide bonds. The lowest BCUT2D eigenvalue weighted by Crippen LogP contribution is -2.10. The lowest BCUT2D eigenvalue weighted by molar-refractivity contribution is 0.0992. The molecule has 0 radical (unpaired) electrons. The molecule has 3 heterocycles. The normalized spacial score (nSPS) is 10.9. The van der Waals surface area contributed by atoms with Crippen LogP contribution in [0.2, 0.25) is 0 Å². The second kappa shape index (κ2) is 9.00. The van der Waals surface area contributed by atoms with E-state index in [4.69, 9.17) is 9.15 Å². The van der Waals surface area contributed by atoms with E-state index in [0.717, 1.165) is 22.3 Å². The van der Waals surface area contributed by atoms with Gasteiger partial charge in [0.15, 0.2) is 5.76 Å². The molecule has 0 atom stereocenters. The molecule has 0 saturated carbocycles. The molecule has 0 aliphatic carbocycles. The van der Waals surface area contributed by atoms with Crippen molar-refractivity contribution in [3.05, 3.63) is 82.7 Å². The fourth-order valence-electron chi connectivity index (χ4n) is 2.82. The van der Waals surface area contributed by atoms with E-state index in [1.807, 2.05) is 48.3 Å². The van der Waals surface area contributed by atoms with Gasteiger partial charge in [0.2, 0.25) is 0 Å². The predicted molar refractivity (Wildman–Crippen MR) is 114 cm³/mol. The molecule has 0 bridgehead atoms. The molecule has 30 heavy (non-hydrogen) atoms. The molecule has 4 rings (SSSR count). The number of furan rings is 1. The van der Waals surface area contributed by atoms with Crippen LogP contribution in [0, 0.1) is 0 Å². The van der Waals surface area contributed by atoms with Crippen molar-refractivity contribution in [1.82, 2.24) is 19.6 Å². The Labute approximate surface area is 181 Å². The average Bonchev–Trinajstić information content (AvgIpc) is 3.49. The molecule has 0 fully saturated rings. The van der Waals surface area contributed by atoms with E-state index in [2.05, 4.69) is 31.4 Å². The lowest BCUT2D eigenvalue weighted by Gasteiger charge is -2.04. The fraction of sp³-hybridized carbons (Fsp3) is 0.190. The molecule has 0 aliphatic heterocycles. The Bertz CT molecular complexity index is 1130. The highest BCUT2D eigenvalue weighted by atomic mass is 79.9. The first-order valence-electron chi connectivity index (χ1n) is 9.41. The molecule has 0 saturated heterocycles. The van der Waals surface area contributed by atoms with Crippen LogP contribution in [0.5, 0.6) is 5.75 Å². The zero-order valence-electron chi connectivity index (χ0n) is 16.3. The third-order valence-corrected chi connectivity index (χ3v) is 4.86. The topological polar surface area (TPSA) is 87.1 Å². The van der Waals surface area contributed by atoms with E-state index in [0.29, 0.717) is 18.0 Å². The maximum absolute atomic E-state index is 12.4. The van der Waals surface area contributed by atoms with E-state index in [9.17, 15) is 4.79 Å². The molecule has 9 heteroatoms. The van der Waals surface area contributed by atoms with Crippen molar-refractivity contribution in [3.63, 3.8) is 0 Å². The largest absolute Gasteiger partial charge is 0.486 e. The van der Waals surface area contributed by atoms with Crippen LogP contribution in [-0.2, 0) is 19.7 Å². The number of carbonyl (C=O) groups is 1. The summed E-state index contributed by atoms with van der Waals surface area (Å²) in [5.74, 6) is 1.15. The summed E-state index contributed by atoms with van der Waals surface area (Å²) < 4.78 is 15.8. The van der Waals surface area contributed by atoms with E-state index in [1.54, 1.807) is 29.2 Å². The minimum Gasteiger partial charge on any atom is -0.486 e. The van der Waals surface area contributed by atoms with Crippen molar-refractivity contribution in [1.29, 1.82) is 0 Å². The number of halogens is 1. The maximum Gasteiger partial charge on any atom is 0.291 e. The van der Waals surface area contributed by atoms with E-state index in [1.165, 1.54) is 0 Å². The van der Waals surface area contributed by atoms with Gasteiger partial charge < -0.3 is 14.5 Å². The van der Waals surface area contributed by atoms with Gasteiger partial charge in [-0.05, 0) is 43.3 Å². The van der Waals surface area contributed by atoms with Gasteiger partial charge >= 0.3 is 0 Å². The highest BCUT2D eigenvalue weighted by molar-refractivity contribution is 9.10. The van der Waals surface area contributed by atoms with Crippen LogP contribution < -0.4 is 10.1 Å².